The van der Waals surface area contributed by atoms with E-state index in [4.69, 9.17) is 4.74 Å². The Morgan fingerprint density at radius 2 is 1.96 bits per heavy atom. The first kappa shape index (κ1) is 18.7. The lowest BCUT2D eigenvalue weighted by atomic mass is 9.77. The lowest BCUT2D eigenvalue weighted by Gasteiger charge is -2.40. The zero-order chi connectivity index (χ0) is 18.5. The Morgan fingerprint density at radius 1 is 1.15 bits per heavy atom. The highest BCUT2D eigenvalue weighted by Gasteiger charge is 2.44. The molecule has 3 heterocycles. The van der Waals surface area contributed by atoms with Gasteiger partial charge in [-0.1, -0.05) is 42.5 Å². The molecule has 3 saturated heterocycles. The lowest BCUT2D eigenvalue weighted by Crippen LogP contribution is -2.45. The second-order valence-corrected chi connectivity index (χ2v) is 8.55. The topological polar surface area (TPSA) is 32.8 Å². The minimum Gasteiger partial charge on any atom is -0.377 e. The van der Waals surface area contributed by atoms with E-state index in [9.17, 15) is 4.79 Å². The first-order chi connectivity index (χ1) is 13.2. The number of carbonyl (C=O) groups is 1. The zero-order valence-electron chi connectivity index (χ0n) is 16.3. The Labute approximate surface area is 163 Å². The van der Waals surface area contributed by atoms with Crippen LogP contribution in [0.25, 0.3) is 6.08 Å². The van der Waals surface area contributed by atoms with Crippen LogP contribution in [-0.4, -0.2) is 61.1 Å². The standard InChI is InChI=1S/C23H32N2O2/c26-22-17-23(19-25(22)13-6-9-20-7-2-1-3-8-20)11-14-24(15-12-23)18-21-10-4-5-16-27-21/h1-3,6-9,21H,4-5,10-19H2. The molecule has 27 heavy (non-hydrogen) atoms. The maximum Gasteiger partial charge on any atom is 0.223 e. The van der Waals surface area contributed by atoms with Gasteiger partial charge in [0.15, 0.2) is 0 Å². The highest BCUT2D eigenvalue weighted by atomic mass is 16.5. The molecule has 1 aromatic carbocycles. The molecule has 0 aliphatic carbocycles. The van der Waals surface area contributed by atoms with Crippen molar-refractivity contribution in [3.8, 4) is 0 Å². The fourth-order valence-electron chi connectivity index (χ4n) is 4.81. The molecule has 3 fully saturated rings. The van der Waals surface area contributed by atoms with Crippen molar-refractivity contribution >= 4 is 12.0 Å². The number of nitrogens with zero attached hydrogens (tertiary/aromatic N) is 2. The average molecular weight is 369 g/mol. The summed E-state index contributed by atoms with van der Waals surface area (Å²) in [5, 5.41) is 0. The van der Waals surface area contributed by atoms with Crippen LogP contribution in [0.15, 0.2) is 36.4 Å². The largest absolute Gasteiger partial charge is 0.377 e. The molecule has 0 radical (unpaired) electrons. The van der Waals surface area contributed by atoms with Gasteiger partial charge in [0.2, 0.25) is 5.91 Å². The number of hydrogen-bond acceptors (Lipinski definition) is 3. The minimum atomic E-state index is 0.210. The van der Waals surface area contributed by atoms with Gasteiger partial charge < -0.3 is 14.5 Å². The van der Waals surface area contributed by atoms with Gasteiger partial charge in [-0.2, -0.15) is 0 Å². The van der Waals surface area contributed by atoms with Crippen LogP contribution < -0.4 is 0 Å². The summed E-state index contributed by atoms with van der Waals surface area (Å²) in [6.07, 6.45) is 11.4. The summed E-state index contributed by atoms with van der Waals surface area (Å²) in [4.78, 5) is 17.2. The van der Waals surface area contributed by atoms with Crippen LogP contribution in [0.5, 0.6) is 0 Å². The maximum absolute atomic E-state index is 12.5. The second-order valence-electron chi connectivity index (χ2n) is 8.55. The van der Waals surface area contributed by atoms with Crippen LogP contribution in [-0.2, 0) is 9.53 Å². The number of likely N-dealkylation sites (tertiary alicyclic amines) is 2. The number of amides is 1. The summed E-state index contributed by atoms with van der Waals surface area (Å²) >= 11 is 0. The van der Waals surface area contributed by atoms with E-state index in [2.05, 4.69) is 34.1 Å². The fraction of sp³-hybridized carbons (Fsp3) is 0.609. The molecule has 1 atom stereocenters. The predicted molar refractivity (Wildman–Crippen MR) is 108 cm³/mol. The van der Waals surface area contributed by atoms with Crippen molar-refractivity contribution in [3.63, 3.8) is 0 Å². The van der Waals surface area contributed by atoms with E-state index in [-0.39, 0.29) is 5.41 Å². The van der Waals surface area contributed by atoms with Gasteiger partial charge in [0.25, 0.3) is 0 Å². The van der Waals surface area contributed by atoms with Gasteiger partial charge in [-0.15, -0.1) is 0 Å². The highest BCUT2D eigenvalue weighted by molar-refractivity contribution is 5.79. The molecule has 3 aliphatic heterocycles. The van der Waals surface area contributed by atoms with Crippen molar-refractivity contribution in [2.45, 2.75) is 44.6 Å². The van der Waals surface area contributed by atoms with Crippen LogP contribution in [0.2, 0.25) is 0 Å². The van der Waals surface area contributed by atoms with E-state index in [1.165, 1.54) is 24.8 Å². The monoisotopic (exact) mass is 368 g/mol. The first-order valence-corrected chi connectivity index (χ1v) is 10.6. The van der Waals surface area contributed by atoms with Crippen LogP contribution in [0, 0.1) is 5.41 Å². The van der Waals surface area contributed by atoms with Crippen molar-refractivity contribution < 1.29 is 9.53 Å². The van der Waals surface area contributed by atoms with Crippen LogP contribution in [0.3, 0.4) is 0 Å². The molecule has 1 spiro atoms. The van der Waals surface area contributed by atoms with Crippen molar-refractivity contribution in [3.05, 3.63) is 42.0 Å². The molecule has 4 rings (SSSR count). The van der Waals surface area contributed by atoms with Gasteiger partial charge in [0.1, 0.15) is 0 Å². The normalized spacial score (nSPS) is 26.3. The highest BCUT2D eigenvalue weighted by Crippen LogP contribution is 2.41. The lowest BCUT2D eigenvalue weighted by molar-refractivity contribution is -0.127. The number of rotatable bonds is 5. The third kappa shape index (κ3) is 4.80. The smallest absolute Gasteiger partial charge is 0.223 e. The van der Waals surface area contributed by atoms with Crippen LogP contribution >= 0.6 is 0 Å². The second kappa shape index (κ2) is 8.57. The van der Waals surface area contributed by atoms with Gasteiger partial charge in [-0.25, -0.2) is 0 Å². The van der Waals surface area contributed by atoms with Gasteiger partial charge in [0.05, 0.1) is 6.10 Å². The van der Waals surface area contributed by atoms with Gasteiger partial charge >= 0.3 is 0 Å². The first-order valence-electron chi connectivity index (χ1n) is 10.6. The van der Waals surface area contributed by atoms with E-state index in [0.29, 0.717) is 12.0 Å². The van der Waals surface area contributed by atoms with Crippen molar-refractivity contribution in [2.75, 3.05) is 39.3 Å². The van der Waals surface area contributed by atoms with Gasteiger partial charge in [-0.3, -0.25) is 4.79 Å². The number of ether oxygens (including phenoxy) is 1. The molecule has 0 bridgehead atoms. The van der Waals surface area contributed by atoms with E-state index in [0.717, 1.165) is 58.6 Å². The molecule has 1 unspecified atom stereocenters. The molecular formula is C23H32N2O2. The summed E-state index contributed by atoms with van der Waals surface area (Å²) in [5.41, 5.74) is 1.40. The average Bonchev–Trinajstić information content (AvgIpc) is 3.01. The van der Waals surface area contributed by atoms with Crippen molar-refractivity contribution in [2.24, 2.45) is 5.41 Å². The SMILES string of the molecule is O=C1CC2(CCN(CC3CCCCO3)CC2)CN1CC=Cc1ccccc1. The Bertz CT molecular complexity index is 644. The molecule has 4 nitrogen and oxygen atoms in total. The third-order valence-electron chi connectivity index (χ3n) is 6.49. The van der Waals surface area contributed by atoms with Crippen LogP contribution in [0.1, 0.15) is 44.1 Å². The molecule has 1 aromatic rings. The van der Waals surface area contributed by atoms with Gasteiger partial charge in [0, 0.05) is 32.7 Å². The molecule has 0 saturated carbocycles. The zero-order valence-corrected chi connectivity index (χ0v) is 16.3. The Morgan fingerprint density at radius 3 is 2.70 bits per heavy atom. The Hall–Kier alpha value is -1.65. The third-order valence-corrected chi connectivity index (χ3v) is 6.49. The molecule has 3 aliphatic rings. The summed E-state index contributed by atoms with van der Waals surface area (Å²) < 4.78 is 5.90. The number of piperidine rings is 1. The molecule has 0 aromatic heterocycles. The van der Waals surface area contributed by atoms with Crippen molar-refractivity contribution in [1.29, 1.82) is 0 Å². The van der Waals surface area contributed by atoms with Crippen molar-refractivity contribution in [1.82, 2.24) is 9.80 Å². The van der Waals surface area contributed by atoms with Crippen LogP contribution in [0.4, 0.5) is 0 Å². The van der Waals surface area contributed by atoms with E-state index in [1.807, 2.05) is 18.2 Å². The minimum absolute atomic E-state index is 0.210. The summed E-state index contributed by atoms with van der Waals surface area (Å²) in [5.74, 6) is 0.330. The predicted octanol–water partition coefficient (Wildman–Crippen LogP) is 3.58. The molecular weight excluding hydrogens is 336 g/mol. The quantitative estimate of drug-likeness (QED) is 0.796. The number of hydrogen-bond donors (Lipinski definition) is 0. The maximum atomic E-state index is 12.5. The molecule has 0 N–H and O–H groups in total. The van der Waals surface area contributed by atoms with E-state index in [1.54, 1.807) is 0 Å². The molecule has 1 amide bonds. The summed E-state index contributed by atoms with van der Waals surface area (Å²) in [6.45, 7) is 5.89. The van der Waals surface area contributed by atoms with E-state index < -0.39 is 0 Å². The summed E-state index contributed by atoms with van der Waals surface area (Å²) in [7, 11) is 0. The number of carbonyl (C=O) groups excluding carboxylic acids is 1. The fourth-order valence-corrected chi connectivity index (χ4v) is 4.81. The van der Waals surface area contributed by atoms with Gasteiger partial charge in [-0.05, 0) is 56.2 Å². The summed E-state index contributed by atoms with van der Waals surface area (Å²) in [6, 6.07) is 10.3. The number of benzene rings is 1. The van der Waals surface area contributed by atoms with E-state index >= 15 is 0 Å². The molecule has 4 heteroatoms. The Kier molecular flexibility index (Phi) is 5.94. The molecule has 146 valence electrons. The Balaban J connectivity index is 1.25.